The number of hydrogen-bond donors (Lipinski definition) is 3. The van der Waals surface area contributed by atoms with Crippen molar-refractivity contribution in [1.29, 1.82) is 0 Å². The predicted molar refractivity (Wildman–Crippen MR) is 64.0 cm³/mol. The number of anilines is 1. The Morgan fingerprint density at radius 3 is 3.00 bits per heavy atom. The van der Waals surface area contributed by atoms with Crippen molar-refractivity contribution in [2.24, 2.45) is 0 Å². The van der Waals surface area contributed by atoms with Gasteiger partial charge in [0.1, 0.15) is 5.69 Å². The molecule has 1 aromatic rings. The van der Waals surface area contributed by atoms with Crippen LogP contribution in [0.2, 0.25) is 0 Å². The van der Waals surface area contributed by atoms with Crippen LogP contribution in [0.1, 0.15) is 10.5 Å². The third-order valence-corrected chi connectivity index (χ3v) is 2.18. The number of carbonyl (C=O) groups excluding carboxylic acids is 1. The van der Waals surface area contributed by atoms with Gasteiger partial charge in [-0.05, 0) is 12.1 Å². The molecule has 1 unspecified atom stereocenters. The van der Waals surface area contributed by atoms with E-state index in [1.807, 2.05) is 0 Å². The summed E-state index contributed by atoms with van der Waals surface area (Å²) in [4.78, 5) is 15.3. The number of aromatic nitrogens is 1. The van der Waals surface area contributed by atoms with Crippen molar-refractivity contribution in [1.82, 2.24) is 10.3 Å². The maximum absolute atomic E-state index is 11.4. The van der Waals surface area contributed by atoms with Gasteiger partial charge in [-0.15, -0.1) is 0 Å². The summed E-state index contributed by atoms with van der Waals surface area (Å²) in [5.74, 6) is -0.249. The van der Waals surface area contributed by atoms with Crippen molar-refractivity contribution in [2.75, 3.05) is 32.7 Å². The Hall–Kier alpha value is -1.66. The summed E-state index contributed by atoms with van der Waals surface area (Å²) in [6.07, 6.45) is 1.54. The zero-order valence-electron chi connectivity index (χ0n) is 9.93. The molecule has 17 heavy (non-hydrogen) atoms. The molecule has 0 radical (unpaired) electrons. The molecule has 94 valence electrons. The molecule has 0 aliphatic rings. The smallest absolute Gasteiger partial charge is 0.269 e. The van der Waals surface area contributed by atoms with Gasteiger partial charge >= 0.3 is 0 Å². The molecule has 0 saturated carbocycles. The van der Waals surface area contributed by atoms with E-state index in [1.54, 1.807) is 26.3 Å². The number of rotatable bonds is 6. The average Bonchev–Trinajstić information content (AvgIpc) is 2.37. The Balaban J connectivity index is 2.74. The quantitative estimate of drug-likeness (QED) is 0.643. The molecule has 0 saturated heterocycles. The molecule has 6 nitrogen and oxygen atoms in total. The van der Waals surface area contributed by atoms with Gasteiger partial charge in [0.15, 0.2) is 0 Å². The first kappa shape index (κ1) is 13.4. The highest BCUT2D eigenvalue weighted by atomic mass is 16.5. The van der Waals surface area contributed by atoms with Crippen LogP contribution in [0.25, 0.3) is 0 Å². The summed E-state index contributed by atoms with van der Waals surface area (Å²) < 4.78 is 4.95. The average molecular weight is 239 g/mol. The lowest BCUT2D eigenvalue weighted by Gasteiger charge is -2.16. The molecule has 1 heterocycles. The third-order valence-electron chi connectivity index (χ3n) is 2.18. The van der Waals surface area contributed by atoms with Gasteiger partial charge in [-0.2, -0.15) is 0 Å². The van der Waals surface area contributed by atoms with Crippen molar-refractivity contribution in [2.45, 2.75) is 6.04 Å². The van der Waals surface area contributed by atoms with Crippen molar-refractivity contribution in [3.8, 4) is 0 Å². The number of pyridine rings is 1. The molecule has 0 aliphatic heterocycles. The molecular formula is C11H17N3O3. The van der Waals surface area contributed by atoms with E-state index in [0.29, 0.717) is 12.3 Å². The molecule has 1 aromatic heterocycles. The number of nitrogens with zero attached hydrogens (tertiary/aromatic N) is 1. The van der Waals surface area contributed by atoms with Crippen LogP contribution in [0, 0.1) is 0 Å². The van der Waals surface area contributed by atoms with Gasteiger partial charge in [-0.3, -0.25) is 9.78 Å². The minimum Gasteiger partial charge on any atom is -0.394 e. The fourth-order valence-corrected chi connectivity index (χ4v) is 1.35. The second-order valence-electron chi connectivity index (χ2n) is 3.49. The van der Waals surface area contributed by atoms with E-state index in [9.17, 15) is 4.79 Å². The Morgan fingerprint density at radius 1 is 1.65 bits per heavy atom. The number of aliphatic hydroxyl groups excluding tert-OH is 1. The van der Waals surface area contributed by atoms with Crippen LogP contribution < -0.4 is 10.6 Å². The number of aliphatic hydroxyl groups is 1. The van der Waals surface area contributed by atoms with Crippen LogP contribution >= 0.6 is 0 Å². The van der Waals surface area contributed by atoms with Crippen LogP contribution in [0.4, 0.5) is 5.69 Å². The minimum atomic E-state index is -0.249. The Labute approximate surface area is 100 Å². The molecule has 0 aliphatic carbocycles. The summed E-state index contributed by atoms with van der Waals surface area (Å²) in [6.45, 7) is 0.333. The maximum Gasteiger partial charge on any atom is 0.269 e. The summed E-state index contributed by atoms with van der Waals surface area (Å²) in [7, 11) is 3.11. The van der Waals surface area contributed by atoms with Gasteiger partial charge in [0.2, 0.25) is 0 Å². The van der Waals surface area contributed by atoms with E-state index in [2.05, 4.69) is 15.6 Å². The summed E-state index contributed by atoms with van der Waals surface area (Å²) in [5.41, 5.74) is 1.04. The maximum atomic E-state index is 11.4. The summed E-state index contributed by atoms with van der Waals surface area (Å²) in [6, 6.07) is 3.14. The number of carbonyl (C=O) groups is 1. The highest BCUT2D eigenvalue weighted by molar-refractivity contribution is 5.92. The zero-order chi connectivity index (χ0) is 12.7. The van der Waals surface area contributed by atoms with Gasteiger partial charge < -0.3 is 20.5 Å². The lowest BCUT2D eigenvalue weighted by atomic mass is 10.2. The fourth-order valence-electron chi connectivity index (χ4n) is 1.35. The second-order valence-corrected chi connectivity index (χ2v) is 3.49. The molecule has 0 bridgehead atoms. The van der Waals surface area contributed by atoms with E-state index in [4.69, 9.17) is 9.84 Å². The standard InChI is InChI=1S/C11H17N3O3/c1-12-11(16)10-5-8(3-4-13-10)14-9(6-15)7-17-2/h3-5,9,15H,6-7H2,1-2H3,(H,12,16)(H,13,14). The Kier molecular flexibility index (Phi) is 5.38. The van der Waals surface area contributed by atoms with Gasteiger partial charge in [0.05, 0.1) is 19.3 Å². The first-order valence-corrected chi connectivity index (χ1v) is 5.25. The van der Waals surface area contributed by atoms with Crippen molar-refractivity contribution < 1.29 is 14.6 Å². The highest BCUT2D eigenvalue weighted by Gasteiger charge is 2.09. The fraction of sp³-hybridized carbons (Fsp3) is 0.455. The van der Waals surface area contributed by atoms with E-state index < -0.39 is 0 Å². The number of methoxy groups -OCH3 is 1. The van der Waals surface area contributed by atoms with Crippen LogP contribution in [0.5, 0.6) is 0 Å². The normalized spacial score (nSPS) is 11.9. The molecule has 3 N–H and O–H groups in total. The Morgan fingerprint density at radius 2 is 2.41 bits per heavy atom. The largest absolute Gasteiger partial charge is 0.394 e. The van der Waals surface area contributed by atoms with Gasteiger partial charge in [0.25, 0.3) is 5.91 Å². The topological polar surface area (TPSA) is 83.5 Å². The van der Waals surface area contributed by atoms with E-state index in [1.165, 1.54) is 6.20 Å². The van der Waals surface area contributed by atoms with Crippen LogP contribution in [0.3, 0.4) is 0 Å². The zero-order valence-corrected chi connectivity index (χ0v) is 9.93. The second kappa shape index (κ2) is 6.82. The molecule has 0 spiro atoms. The van der Waals surface area contributed by atoms with Crippen molar-refractivity contribution in [3.05, 3.63) is 24.0 Å². The van der Waals surface area contributed by atoms with Gasteiger partial charge in [-0.25, -0.2) is 0 Å². The molecule has 0 fully saturated rings. The highest BCUT2D eigenvalue weighted by Crippen LogP contribution is 2.09. The number of hydrogen-bond acceptors (Lipinski definition) is 5. The number of ether oxygens (including phenoxy) is 1. The predicted octanol–water partition coefficient (Wildman–Crippen LogP) is -0.140. The van der Waals surface area contributed by atoms with Crippen molar-refractivity contribution in [3.63, 3.8) is 0 Å². The third kappa shape index (κ3) is 4.01. The number of nitrogens with one attached hydrogen (secondary N) is 2. The SMILES string of the molecule is CNC(=O)c1cc(NC(CO)COC)ccn1. The summed E-state index contributed by atoms with van der Waals surface area (Å²) >= 11 is 0. The van der Waals surface area contributed by atoms with Crippen molar-refractivity contribution >= 4 is 11.6 Å². The monoisotopic (exact) mass is 239 g/mol. The first-order valence-electron chi connectivity index (χ1n) is 5.25. The minimum absolute atomic E-state index is 0.0501. The Bertz CT molecular complexity index is 371. The lowest BCUT2D eigenvalue weighted by Crippen LogP contribution is -2.29. The lowest BCUT2D eigenvalue weighted by molar-refractivity contribution is 0.0958. The molecule has 0 aromatic carbocycles. The van der Waals surface area contributed by atoms with E-state index in [-0.39, 0.29) is 18.6 Å². The molecular weight excluding hydrogens is 222 g/mol. The molecule has 1 atom stereocenters. The van der Waals surface area contributed by atoms with Crippen LogP contribution in [0.15, 0.2) is 18.3 Å². The summed E-state index contributed by atoms with van der Waals surface area (Å²) in [5, 5.41) is 14.7. The van der Waals surface area contributed by atoms with Gasteiger partial charge in [-0.1, -0.05) is 0 Å². The number of amides is 1. The molecule has 1 rings (SSSR count). The van der Waals surface area contributed by atoms with Crippen LogP contribution in [-0.2, 0) is 4.74 Å². The van der Waals surface area contributed by atoms with E-state index in [0.717, 1.165) is 5.69 Å². The van der Waals surface area contributed by atoms with Crippen LogP contribution in [-0.4, -0.2) is 49.4 Å². The van der Waals surface area contributed by atoms with Gasteiger partial charge in [0, 0.05) is 26.0 Å². The molecule has 6 heteroatoms. The first-order chi connectivity index (χ1) is 8.21. The van der Waals surface area contributed by atoms with E-state index >= 15 is 0 Å². The molecule has 1 amide bonds.